The SMILES string of the molecule is Cc1ccc2c(NC(=O)COc3ccccc3)n[nH]c2n1. The van der Waals surface area contributed by atoms with E-state index in [1.807, 2.05) is 37.3 Å². The number of nitrogens with one attached hydrogen (secondary N) is 2. The van der Waals surface area contributed by atoms with Gasteiger partial charge in [0, 0.05) is 5.69 Å². The van der Waals surface area contributed by atoms with E-state index in [9.17, 15) is 4.79 Å². The normalized spacial score (nSPS) is 10.5. The van der Waals surface area contributed by atoms with Gasteiger partial charge in [-0.05, 0) is 31.2 Å². The van der Waals surface area contributed by atoms with Crippen molar-refractivity contribution in [3.8, 4) is 5.75 Å². The van der Waals surface area contributed by atoms with E-state index in [1.165, 1.54) is 0 Å². The summed E-state index contributed by atoms with van der Waals surface area (Å²) in [4.78, 5) is 16.2. The zero-order valence-electron chi connectivity index (χ0n) is 11.5. The molecule has 2 heterocycles. The van der Waals surface area contributed by atoms with Crippen LogP contribution < -0.4 is 10.1 Å². The number of ether oxygens (including phenoxy) is 1. The van der Waals surface area contributed by atoms with Crippen LogP contribution in [-0.2, 0) is 4.79 Å². The Morgan fingerprint density at radius 3 is 2.86 bits per heavy atom. The van der Waals surface area contributed by atoms with E-state index in [4.69, 9.17) is 4.74 Å². The van der Waals surface area contributed by atoms with Crippen LogP contribution in [0.25, 0.3) is 11.0 Å². The number of aromatic amines is 1. The molecule has 0 fully saturated rings. The molecule has 0 saturated heterocycles. The molecule has 1 amide bonds. The van der Waals surface area contributed by atoms with E-state index in [-0.39, 0.29) is 12.5 Å². The predicted molar refractivity (Wildman–Crippen MR) is 79.2 cm³/mol. The second-order valence-corrected chi connectivity index (χ2v) is 4.57. The number of aromatic nitrogens is 3. The quantitative estimate of drug-likeness (QED) is 0.769. The summed E-state index contributed by atoms with van der Waals surface area (Å²) >= 11 is 0. The lowest BCUT2D eigenvalue weighted by molar-refractivity contribution is -0.118. The number of amides is 1. The Labute approximate surface area is 121 Å². The number of hydrogen-bond donors (Lipinski definition) is 2. The Bertz CT molecular complexity index is 768. The van der Waals surface area contributed by atoms with Crippen LogP contribution in [0.4, 0.5) is 5.82 Å². The van der Waals surface area contributed by atoms with Crippen molar-refractivity contribution in [3.05, 3.63) is 48.2 Å². The highest BCUT2D eigenvalue weighted by Gasteiger charge is 2.10. The van der Waals surface area contributed by atoms with Gasteiger partial charge in [0.25, 0.3) is 5.91 Å². The largest absolute Gasteiger partial charge is 0.484 e. The van der Waals surface area contributed by atoms with Crippen molar-refractivity contribution in [2.75, 3.05) is 11.9 Å². The molecule has 0 saturated carbocycles. The summed E-state index contributed by atoms with van der Waals surface area (Å²) in [6.45, 7) is 1.82. The minimum absolute atomic E-state index is 0.0718. The second kappa shape index (κ2) is 5.62. The van der Waals surface area contributed by atoms with Gasteiger partial charge >= 0.3 is 0 Å². The summed E-state index contributed by atoms with van der Waals surface area (Å²) in [5.74, 6) is 0.837. The highest BCUT2D eigenvalue weighted by Crippen LogP contribution is 2.18. The van der Waals surface area contributed by atoms with Gasteiger partial charge in [-0.25, -0.2) is 4.98 Å². The third-order valence-electron chi connectivity index (χ3n) is 2.93. The van der Waals surface area contributed by atoms with Crippen molar-refractivity contribution in [1.82, 2.24) is 15.2 Å². The van der Waals surface area contributed by atoms with Crippen molar-refractivity contribution >= 4 is 22.8 Å². The number of hydrogen-bond acceptors (Lipinski definition) is 4. The molecule has 2 N–H and O–H groups in total. The molecule has 6 nitrogen and oxygen atoms in total. The number of benzene rings is 1. The van der Waals surface area contributed by atoms with Gasteiger partial charge in [-0.15, -0.1) is 0 Å². The van der Waals surface area contributed by atoms with Crippen molar-refractivity contribution in [2.45, 2.75) is 6.92 Å². The second-order valence-electron chi connectivity index (χ2n) is 4.57. The van der Waals surface area contributed by atoms with Crippen LogP contribution in [0, 0.1) is 6.92 Å². The maximum Gasteiger partial charge on any atom is 0.263 e. The third kappa shape index (κ3) is 3.00. The van der Waals surface area contributed by atoms with Crippen LogP contribution in [0.3, 0.4) is 0 Å². The van der Waals surface area contributed by atoms with Crippen LogP contribution in [-0.4, -0.2) is 27.7 Å². The number of nitrogens with zero attached hydrogens (tertiary/aromatic N) is 2. The lowest BCUT2D eigenvalue weighted by atomic mass is 10.3. The number of pyridine rings is 1. The molecule has 0 unspecified atom stereocenters. The summed E-state index contributed by atoms with van der Waals surface area (Å²) in [7, 11) is 0. The molecule has 0 aliphatic carbocycles. The van der Waals surface area contributed by atoms with Gasteiger partial charge in [-0.2, -0.15) is 5.10 Å². The van der Waals surface area contributed by atoms with E-state index in [2.05, 4.69) is 20.5 Å². The molecule has 2 aromatic heterocycles. The monoisotopic (exact) mass is 282 g/mol. The minimum atomic E-state index is -0.271. The van der Waals surface area contributed by atoms with E-state index >= 15 is 0 Å². The first-order valence-corrected chi connectivity index (χ1v) is 6.52. The zero-order chi connectivity index (χ0) is 14.7. The van der Waals surface area contributed by atoms with Gasteiger partial charge in [0.2, 0.25) is 0 Å². The van der Waals surface area contributed by atoms with Crippen molar-refractivity contribution in [3.63, 3.8) is 0 Å². The molecule has 3 aromatic rings. The van der Waals surface area contributed by atoms with Crippen molar-refractivity contribution < 1.29 is 9.53 Å². The van der Waals surface area contributed by atoms with Gasteiger partial charge < -0.3 is 10.1 Å². The number of fused-ring (bicyclic) bond motifs is 1. The van der Waals surface area contributed by atoms with Gasteiger partial charge in [0.15, 0.2) is 18.1 Å². The van der Waals surface area contributed by atoms with Gasteiger partial charge in [0.05, 0.1) is 5.39 Å². The first-order chi connectivity index (χ1) is 10.2. The number of carbonyl (C=O) groups excluding carboxylic acids is 1. The first-order valence-electron chi connectivity index (χ1n) is 6.52. The number of para-hydroxylation sites is 1. The lowest BCUT2D eigenvalue weighted by Crippen LogP contribution is -2.20. The molecule has 106 valence electrons. The van der Waals surface area contributed by atoms with E-state index in [0.29, 0.717) is 17.2 Å². The zero-order valence-corrected chi connectivity index (χ0v) is 11.5. The van der Waals surface area contributed by atoms with Crippen LogP contribution in [0.5, 0.6) is 5.75 Å². The summed E-state index contributed by atoms with van der Waals surface area (Å²) in [6.07, 6.45) is 0. The van der Waals surface area contributed by atoms with Crippen molar-refractivity contribution in [2.24, 2.45) is 0 Å². The molecule has 6 heteroatoms. The average molecular weight is 282 g/mol. The Kier molecular flexibility index (Phi) is 3.51. The fourth-order valence-corrected chi connectivity index (χ4v) is 1.93. The Morgan fingerprint density at radius 2 is 2.05 bits per heavy atom. The summed E-state index contributed by atoms with van der Waals surface area (Å²) in [5, 5.41) is 10.3. The highest BCUT2D eigenvalue weighted by molar-refractivity contribution is 5.99. The smallest absolute Gasteiger partial charge is 0.263 e. The summed E-state index contributed by atoms with van der Waals surface area (Å²) < 4.78 is 5.38. The number of aryl methyl sites for hydroxylation is 1. The summed E-state index contributed by atoms with van der Waals surface area (Å²) in [5.41, 5.74) is 1.53. The van der Waals surface area contributed by atoms with Gasteiger partial charge in [-0.1, -0.05) is 18.2 Å². The van der Waals surface area contributed by atoms with E-state index in [1.54, 1.807) is 12.1 Å². The van der Waals surface area contributed by atoms with Crippen LogP contribution in [0.1, 0.15) is 5.69 Å². The Balaban J connectivity index is 1.66. The number of rotatable bonds is 4. The fourth-order valence-electron chi connectivity index (χ4n) is 1.93. The fraction of sp³-hybridized carbons (Fsp3) is 0.133. The minimum Gasteiger partial charge on any atom is -0.484 e. The first kappa shape index (κ1) is 13.1. The van der Waals surface area contributed by atoms with Gasteiger partial charge in [-0.3, -0.25) is 9.89 Å². The molecule has 21 heavy (non-hydrogen) atoms. The van der Waals surface area contributed by atoms with Crippen LogP contribution >= 0.6 is 0 Å². The third-order valence-corrected chi connectivity index (χ3v) is 2.93. The highest BCUT2D eigenvalue weighted by atomic mass is 16.5. The lowest BCUT2D eigenvalue weighted by Gasteiger charge is -2.05. The van der Waals surface area contributed by atoms with E-state index in [0.717, 1.165) is 11.1 Å². The molecule has 0 bridgehead atoms. The molecule has 1 aromatic carbocycles. The van der Waals surface area contributed by atoms with Crippen molar-refractivity contribution in [1.29, 1.82) is 0 Å². The molecule has 0 atom stereocenters. The molecule has 0 spiro atoms. The number of anilines is 1. The molecular formula is C15H14N4O2. The molecule has 0 aliphatic heterocycles. The number of H-pyrrole nitrogens is 1. The predicted octanol–water partition coefficient (Wildman–Crippen LogP) is 2.28. The maximum absolute atomic E-state index is 11.9. The van der Waals surface area contributed by atoms with E-state index < -0.39 is 0 Å². The average Bonchev–Trinajstić information content (AvgIpc) is 2.88. The molecular weight excluding hydrogens is 268 g/mol. The van der Waals surface area contributed by atoms with Crippen LogP contribution in [0.2, 0.25) is 0 Å². The summed E-state index contributed by atoms with van der Waals surface area (Å²) in [6, 6.07) is 12.9. The van der Waals surface area contributed by atoms with Gasteiger partial charge in [0.1, 0.15) is 5.75 Å². The van der Waals surface area contributed by atoms with Crippen LogP contribution in [0.15, 0.2) is 42.5 Å². The number of carbonyl (C=O) groups is 1. The topological polar surface area (TPSA) is 79.9 Å². The standard InChI is InChI=1S/C15H14N4O2/c1-10-7-8-12-14(16-10)18-19-15(12)17-13(20)9-21-11-5-3-2-4-6-11/h2-8H,9H2,1H3,(H2,16,17,18,19,20). The Hall–Kier alpha value is -2.89. The Morgan fingerprint density at radius 1 is 1.24 bits per heavy atom. The molecule has 0 radical (unpaired) electrons. The maximum atomic E-state index is 11.9. The molecule has 0 aliphatic rings. The molecule has 3 rings (SSSR count).